The molecule has 0 atom stereocenters. The number of rotatable bonds is 1. The molecule has 0 aromatic heterocycles. The Labute approximate surface area is 65.2 Å². The van der Waals surface area contributed by atoms with Gasteiger partial charge < -0.3 is 5.11 Å². The van der Waals surface area contributed by atoms with E-state index >= 15 is 0 Å². The molecular weight excluding hydrogens is 140 g/mol. The monoisotopic (exact) mass is 148 g/mol. The first-order valence-corrected chi connectivity index (χ1v) is 3.53. The summed E-state index contributed by atoms with van der Waals surface area (Å²) < 4.78 is 0. The van der Waals surface area contributed by atoms with Crippen molar-refractivity contribution in [1.82, 2.24) is 0 Å². The highest BCUT2D eigenvalue weighted by Crippen LogP contribution is 2.32. The highest BCUT2D eigenvalue weighted by Gasteiger charge is 2.24. The van der Waals surface area contributed by atoms with Crippen LogP contribution in [0.2, 0.25) is 0 Å². The Morgan fingerprint density at radius 3 is 2.09 bits per heavy atom. The zero-order valence-corrected chi connectivity index (χ0v) is 6.04. The van der Waals surface area contributed by atoms with Crippen molar-refractivity contribution in [2.24, 2.45) is 5.92 Å². The second-order valence-electron chi connectivity index (χ2n) is 2.61. The molecule has 1 aliphatic rings. The van der Waals surface area contributed by atoms with Crippen molar-refractivity contribution in [1.29, 1.82) is 10.5 Å². The SMILES string of the molecule is N#CC(C#N)=C(O)C1CCC1. The molecule has 0 amide bonds. The van der Waals surface area contributed by atoms with Gasteiger partial charge in [-0.3, -0.25) is 0 Å². The molecule has 0 aromatic rings. The van der Waals surface area contributed by atoms with Crippen molar-refractivity contribution in [2.45, 2.75) is 19.3 Å². The fourth-order valence-electron chi connectivity index (χ4n) is 1.03. The lowest BCUT2D eigenvalue weighted by atomic mass is 9.82. The summed E-state index contributed by atoms with van der Waals surface area (Å²) in [6, 6.07) is 3.34. The van der Waals surface area contributed by atoms with Crippen molar-refractivity contribution in [3.05, 3.63) is 11.3 Å². The third kappa shape index (κ3) is 1.33. The molecule has 1 fully saturated rings. The number of hydrogen-bond acceptors (Lipinski definition) is 3. The summed E-state index contributed by atoms with van der Waals surface area (Å²) in [4.78, 5) is 0. The van der Waals surface area contributed by atoms with Crippen LogP contribution in [0.15, 0.2) is 11.3 Å². The fraction of sp³-hybridized carbons (Fsp3) is 0.500. The predicted octanol–water partition coefficient (Wildman–Crippen LogP) is 1.65. The predicted molar refractivity (Wildman–Crippen MR) is 38.2 cm³/mol. The van der Waals surface area contributed by atoms with Crippen LogP contribution in [-0.2, 0) is 0 Å². The Bertz CT molecular complexity index is 247. The van der Waals surface area contributed by atoms with Crippen LogP contribution in [0.25, 0.3) is 0 Å². The van der Waals surface area contributed by atoms with Crippen molar-refractivity contribution < 1.29 is 5.11 Å². The van der Waals surface area contributed by atoms with Crippen molar-refractivity contribution in [3.8, 4) is 12.1 Å². The minimum Gasteiger partial charge on any atom is -0.510 e. The van der Waals surface area contributed by atoms with Crippen LogP contribution in [0, 0.1) is 28.6 Å². The second kappa shape index (κ2) is 3.07. The summed E-state index contributed by atoms with van der Waals surface area (Å²) in [5, 5.41) is 26.0. The summed E-state index contributed by atoms with van der Waals surface area (Å²) in [5.41, 5.74) is -0.130. The summed E-state index contributed by atoms with van der Waals surface area (Å²) in [7, 11) is 0. The minimum absolute atomic E-state index is 0.0127. The van der Waals surface area contributed by atoms with Crippen LogP contribution in [-0.4, -0.2) is 5.11 Å². The Morgan fingerprint density at radius 1 is 1.27 bits per heavy atom. The minimum atomic E-state index is -0.130. The fourth-order valence-corrected chi connectivity index (χ4v) is 1.03. The number of hydrogen-bond donors (Lipinski definition) is 1. The molecule has 1 aliphatic carbocycles. The number of aliphatic hydroxyl groups excluding tert-OH is 1. The van der Waals surface area contributed by atoms with Crippen molar-refractivity contribution in [3.63, 3.8) is 0 Å². The van der Waals surface area contributed by atoms with E-state index in [1.165, 1.54) is 0 Å². The zero-order chi connectivity index (χ0) is 8.27. The number of nitrogens with zero attached hydrogens (tertiary/aromatic N) is 2. The molecule has 0 unspecified atom stereocenters. The molecule has 56 valence electrons. The van der Waals surface area contributed by atoms with Gasteiger partial charge in [-0.1, -0.05) is 6.42 Å². The van der Waals surface area contributed by atoms with Gasteiger partial charge in [0, 0.05) is 5.92 Å². The molecule has 0 saturated heterocycles. The molecule has 3 nitrogen and oxygen atoms in total. The van der Waals surface area contributed by atoms with Gasteiger partial charge in [-0.2, -0.15) is 10.5 Å². The summed E-state index contributed by atoms with van der Waals surface area (Å²) >= 11 is 0. The molecular formula is C8H8N2O. The van der Waals surface area contributed by atoms with Gasteiger partial charge >= 0.3 is 0 Å². The molecule has 1 rings (SSSR count). The van der Waals surface area contributed by atoms with Crippen LogP contribution >= 0.6 is 0 Å². The first-order valence-electron chi connectivity index (χ1n) is 3.53. The highest BCUT2D eigenvalue weighted by atomic mass is 16.3. The molecule has 0 aliphatic heterocycles. The van der Waals surface area contributed by atoms with E-state index in [0.29, 0.717) is 0 Å². The van der Waals surface area contributed by atoms with Gasteiger partial charge in [-0.25, -0.2) is 0 Å². The number of aliphatic hydroxyl groups is 1. The lowest BCUT2D eigenvalue weighted by molar-refractivity contribution is 0.244. The second-order valence-corrected chi connectivity index (χ2v) is 2.61. The Kier molecular flexibility index (Phi) is 2.13. The standard InChI is InChI=1S/C8H8N2O/c9-4-7(5-10)8(11)6-2-1-3-6/h6,11H,1-3H2. The molecule has 11 heavy (non-hydrogen) atoms. The van der Waals surface area contributed by atoms with Gasteiger partial charge in [-0.15, -0.1) is 0 Å². The first-order chi connectivity index (χ1) is 5.29. The molecule has 0 spiro atoms. The van der Waals surface area contributed by atoms with E-state index in [1.54, 1.807) is 12.1 Å². The summed E-state index contributed by atoms with van der Waals surface area (Å²) in [6.07, 6.45) is 2.89. The molecule has 0 aromatic carbocycles. The Morgan fingerprint density at radius 2 is 1.82 bits per heavy atom. The van der Waals surface area contributed by atoms with Crippen LogP contribution in [0.5, 0.6) is 0 Å². The van der Waals surface area contributed by atoms with E-state index in [0.717, 1.165) is 19.3 Å². The van der Waals surface area contributed by atoms with Gasteiger partial charge in [0.1, 0.15) is 17.9 Å². The maximum atomic E-state index is 9.26. The lowest BCUT2D eigenvalue weighted by Gasteiger charge is -2.24. The third-order valence-electron chi connectivity index (χ3n) is 1.97. The Balaban J connectivity index is 2.78. The number of nitriles is 2. The van der Waals surface area contributed by atoms with Crippen molar-refractivity contribution in [2.75, 3.05) is 0 Å². The van der Waals surface area contributed by atoms with Gasteiger partial charge in [-0.05, 0) is 12.8 Å². The van der Waals surface area contributed by atoms with Crippen LogP contribution in [0.1, 0.15) is 19.3 Å². The van der Waals surface area contributed by atoms with Gasteiger partial charge in [0.25, 0.3) is 0 Å². The van der Waals surface area contributed by atoms with Crippen LogP contribution in [0.3, 0.4) is 0 Å². The number of allylic oxidation sites excluding steroid dienone is 2. The molecule has 3 heteroatoms. The zero-order valence-electron chi connectivity index (χ0n) is 6.04. The molecule has 0 bridgehead atoms. The van der Waals surface area contributed by atoms with Crippen LogP contribution in [0.4, 0.5) is 0 Å². The van der Waals surface area contributed by atoms with Crippen LogP contribution < -0.4 is 0 Å². The van der Waals surface area contributed by atoms with Gasteiger partial charge in [0.05, 0.1) is 0 Å². The lowest BCUT2D eigenvalue weighted by Crippen LogP contribution is -2.14. The first kappa shape index (κ1) is 7.63. The van der Waals surface area contributed by atoms with E-state index in [9.17, 15) is 5.11 Å². The van der Waals surface area contributed by atoms with Gasteiger partial charge in [0.15, 0.2) is 5.57 Å². The molecule has 1 N–H and O–H groups in total. The summed E-state index contributed by atoms with van der Waals surface area (Å²) in [5.74, 6) is 0.0607. The van der Waals surface area contributed by atoms with E-state index < -0.39 is 0 Å². The molecule has 0 radical (unpaired) electrons. The van der Waals surface area contributed by atoms with E-state index in [1.807, 2.05) is 0 Å². The maximum absolute atomic E-state index is 9.26. The third-order valence-corrected chi connectivity index (χ3v) is 1.97. The molecule has 1 saturated carbocycles. The van der Waals surface area contributed by atoms with E-state index in [2.05, 4.69) is 0 Å². The highest BCUT2D eigenvalue weighted by molar-refractivity contribution is 5.38. The molecule has 0 heterocycles. The average molecular weight is 148 g/mol. The topological polar surface area (TPSA) is 67.8 Å². The maximum Gasteiger partial charge on any atom is 0.167 e. The van der Waals surface area contributed by atoms with Gasteiger partial charge in [0.2, 0.25) is 0 Å². The van der Waals surface area contributed by atoms with E-state index in [4.69, 9.17) is 10.5 Å². The quantitative estimate of drug-likeness (QED) is 0.454. The van der Waals surface area contributed by atoms with E-state index in [-0.39, 0.29) is 17.3 Å². The summed E-state index contributed by atoms with van der Waals surface area (Å²) in [6.45, 7) is 0. The largest absolute Gasteiger partial charge is 0.510 e. The van der Waals surface area contributed by atoms with Crippen molar-refractivity contribution >= 4 is 0 Å². The Hall–Kier alpha value is -1.48. The smallest absolute Gasteiger partial charge is 0.167 e. The normalized spacial score (nSPS) is 15.8. The average Bonchev–Trinajstić information content (AvgIpc) is 1.86.